The van der Waals surface area contributed by atoms with Gasteiger partial charge in [-0.2, -0.15) is 4.31 Å². The molecule has 2 N–H and O–H groups in total. The van der Waals surface area contributed by atoms with Crippen LogP contribution in [0.5, 0.6) is 0 Å². The number of nitrogens with one attached hydrogen (secondary N) is 2. The van der Waals surface area contributed by atoms with Crippen molar-refractivity contribution < 1.29 is 13.2 Å². The van der Waals surface area contributed by atoms with Crippen LogP contribution in [0.3, 0.4) is 0 Å². The molecule has 0 atom stereocenters. The number of halogens is 1. The molecule has 3 rings (SSSR count). The highest BCUT2D eigenvalue weighted by Crippen LogP contribution is 2.28. The minimum absolute atomic E-state index is 0.0894. The number of morpholine rings is 1. The van der Waals surface area contributed by atoms with Crippen LogP contribution < -0.4 is 10.6 Å². The van der Waals surface area contributed by atoms with Crippen LogP contribution in [-0.4, -0.2) is 50.2 Å². The molecule has 2 fully saturated rings. The normalized spacial score (nSPS) is 19.9. The van der Waals surface area contributed by atoms with Crippen molar-refractivity contribution in [2.45, 2.75) is 43.0 Å². The molecule has 6 nitrogen and oxygen atoms in total. The summed E-state index contributed by atoms with van der Waals surface area (Å²) in [6.45, 7) is 1.45. The van der Waals surface area contributed by atoms with E-state index in [9.17, 15) is 8.42 Å². The van der Waals surface area contributed by atoms with Crippen molar-refractivity contribution in [1.29, 1.82) is 0 Å². The maximum absolute atomic E-state index is 12.9. The van der Waals surface area contributed by atoms with Gasteiger partial charge < -0.3 is 15.4 Å². The highest BCUT2D eigenvalue weighted by Gasteiger charge is 2.28. The van der Waals surface area contributed by atoms with Crippen molar-refractivity contribution in [2.75, 3.05) is 31.6 Å². The summed E-state index contributed by atoms with van der Waals surface area (Å²) in [4.78, 5) is 0.0894. The van der Waals surface area contributed by atoms with Crippen molar-refractivity contribution in [2.24, 2.45) is 0 Å². The van der Waals surface area contributed by atoms with Gasteiger partial charge >= 0.3 is 0 Å². The summed E-state index contributed by atoms with van der Waals surface area (Å²) in [5.74, 6) is 0. The first kappa shape index (κ1) is 19.8. The second-order valence-corrected chi connectivity index (χ2v) is 9.32. The van der Waals surface area contributed by atoms with Crippen LogP contribution in [0.15, 0.2) is 23.1 Å². The van der Waals surface area contributed by atoms with Crippen molar-refractivity contribution in [1.82, 2.24) is 9.62 Å². The Morgan fingerprint density at radius 1 is 1.19 bits per heavy atom. The predicted octanol–water partition coefficient (Wildman–Crippen LogP) is 2.98. The maximum atomic E-state index is 12.9. The molecule has 26 heavy (non-hydrogen) atoms. The van der Waals surface area contributed by atoms with Gasteiger partial charge in [-0.05, 0) is 43.3 Å². The van der Waals surface area contributed by atoms with E-state index in [-0.39, 0.29) is 9.92 Å². The Kier molecular flexibility index (Phi) is 6.74. The summed E-state index contributed by atoms with van der Waals surface area (Å²) in [6.07, 6.45) is 5.92. The van der Waals surface area contributed by atoms with Gasteiger partial charge in [0.05, 0.1) is 18.2 Å². The molecule has 1 aromatic rings. The van der Waals surface area contributed by atoms with E-state index < -0.39 is 10.0 Å². The largest absolute Gasteiger partial charge is 0.379 e. The molecule has 0 amide bonds. The molecule has 0 unspecified atom stereocenters. The zero-order valence-electron chi connectivity index (χ0n) is 14.5. The zero-order valence-corrected chi connectivity index (χ0v) is 16.9. The third kappa shape index (κ3) is 4.86. The van der Waals surface area contributed by atoms with E-state index in [0.717, 1.165) is 12.8 Å². The van der Waals surface area contributed by atoms with E-state index in [4.69, 9.17) is 28.6 Å². The number of benzene rings is 1. The van der Waals surface area contributed by atoms with Gasteiger partial charge in [0.1, 0.15) is 4.90 Å². The molecule has 1 saturated heterocycles. The molecule has 1 aromatic carbocycles. The van der Waals surface area contributed by atoms with Crippen molar-refractivity contribution in [3.63, 3.8) is 0 Å². The molecule has 1 saturated carbocycles. The van der Waals surface area contributed by atoms with E-state index in [1.165, 1.54) is 23.6 Å². The number of ether oxygens (including phenoxy) is 1. The number of hydrogen-bond donors (Lipinski definition) is 2. The van der Waals surface area contributed by atoms with Crippen LogP contribution in [-0.2, 0) is 14.8 Å². The fourth-order valence-corrected chi connectivity index (χ4v) is 5.50. The Labute approximate surface area is 165 Å². The number of sulfonamides is 1. The fraction of sp³-hybridized carbons (Fsp3) is 0.588. The fourth-order valence-electron chi connectivity index (χ4n) is 3.30. The first-order chi connectivity index (χ1) is 12.5. The van der Waals surface area contributed by atoms with Gasteiger partial charge in [0.15, 0.2) is 5.11 Å². The highest BCUT2D eigenvalue weighted by atomic mass is 35.5. The first-order valence-corrected chi connectivity index (χ1v) is 11.1. The molecule has 1 aliphatic carbocycles. The summed E-state index contributed by atoms with van der Waals surface area (Å²) in [5, 5.41) is 7.11. The summed E-state index contributed by atoms with van der Waals surface area (Å²) in [6, 6.07) is 5.24. The Hall–Kier alpha value is -0.930. The lowest BCUT2D eigenvalue weighted by Crippen LogP contribution is -2.40. The SMILES string of the molecule is O=S(=O)(c1cc(NC(=S)NC2CCCCC2)ccc1Cl)N1CCOCC1. The first-order valence-electron chi connectivity index (χ1n) is 8.92. The minimum Gasteiger partial charge on any atom is -0.379 e. The number of nitrogens with zero attached hydrogens (tertiary/aromatic N) is 1. The van der Waals surface area contributed by atoms with Crippen molar-refractivity contribution in [3.8, 4) is 0 Å². The molecule has 144 valence electrons. The van der Waals surface area contributed by atoms with E-state index in [2.05, 4.69) is 10.6 Å². The van der Waals surface area contributed by atoms with Crippen LogP contribution in [0, 0.1) is 0 Å². The van der Waals surface area contributed by atoms with Gasteiger partial charge in [0.2, 0.25) is 10.0 Å². The monoisotopic (exact) mass is 417 g/mol. The van der Waals surface area contributed by atoms with Gasteiger partial charge in [-0.25, -0.2) is 8.42 Å². The summed E-state index contributed by atoms with van der Waals surface area (Å²) in [7, 11) is -3.66. The van der Waals surface area contributed by atoms with Crippen LogP contribution >= 0.6 is 23.8 Å². The Morgan fingerprint density at radius 2 is 1.88 bits per heavy atom. The molecular formula is C17H24ClN3O3S2. The molecule has 2 aliphatic rings. The molecule has 0 radical (unpaired) electrons. The minimum atomic E-state index is -3.66. The Balaban J connectivity index is 1.71. The lowest BCUT2D eigenvalue weighted by atomic mass is 9.96. The van der Waals surface area contributed by atoms with E-state index in [1.807, 2.05) is 0 Å². The third-order valence-corrected chi connectivity index (χ3v) is 7.32. The van der Waals surface area contributed by atoms with Gasteiger partial charge in [0.25, 0.3) is 0 Å². The molecule has 0 spiro atoms. The smallest absolute Gasteiger partial charge is 0.244 e. The number of thiocarbonyl (C=S) groups is 1. The van der Waals surface area contributed by atoms with Gasteiger partial charge in [-0.15, -0.1) is 0 Å². The Morgan fingerprint density at radius 3 is 2.58 bits per heavy atom. The van der Waals surface area contributed by atoms with Crippen LogP contribution in [0.2, 0.25) is 5.02 Å². The van der Waals surface area contributed by atoms with Crippen molar-refractivity contribution in [3.05, 3.63) is 23.2 Å². The molecule has 0 aromatic heterocycles. The predicted molar refractivity (Wildman–Crippen MR) is 107 cm³/mol. The molecule has 9 heteroatoms. The van der Waals surface area contributed by atoms with Crippen molar-refractivity contribution >= 4 is 44.6 Å². The second kappa shape index (κ2) is 8.84. The van der Waals surface area contributed by atoms with Crippen LogP contribution in [0.1, 0.15) is 32.1 Å². The topological polar surface area (TPSA) is 70.7 Å². The molecular weight excluding hydrogens is 394 g/mol. The maximum Gasteiger partial charge on any atom is 0.244 e. The highest BCUT2D eigenvalue weighted by molar-refractivity contribution is 7.89. The zero-order chi connectivity index (χ0) is 18.6. The molecule has 0 bridgehead atoms. The van der Waals surface area contributed by atoms with Crippen LogP contribution in [0.25, 0.3) is 0 Å². The second-order valence-electron chi connectivity index (χ2n) is 6.60. The third-order valence-electron chi connectivity index (χ3n) is 4.72. The summed E-state index contributed by atoms with van der Waals surface area (Å²) in [5.41, 5.74) is 0.606. The lowest BCUT2D eigenvalue weighted by molar-refractivity contribution is 0.0730. The van der Waals surface area contributed by atoms with Crippen LogP contribution in [0.4, 0.5) is 5.69 Å². The van der Waals surface area contributed by atoms with E-state index in [1.54, 1.807) is 18.2 Å². The number of rotatable bonds is 4. The average molecular weight is 418 g/mol. The standard InChI is InChI=1S/C17H24ClN3O3S2/c18-15-7-6-14(20-17(25)19-13-4-2-1-3-5-13)12-16(15)26(22,23)21-8-10-24-11-9-21/h6-7,12-13H,1-5,8-11H2,(H2,19,20,25). The molecule has 1 heterocycles. The summed E-state index contributed by atoms with van der Waals surface area (Å²) >= 11 is 11.6. The Bertz CT molecular complexity index is 746. The lowest BCUT2D eigenvalue weighted by Gasteiger charge is -2.27. The average Bonchev–Trinajstić information content (AvgIpc) is 2.64. The molecule has 1 aliphatic heterocycles. The van der Waals surface area contributed by atoms with Gasteiger partial charge in [-0.3, -0.25) is 0 Å². The number of hydrogen-bond acceptors (Lipinski definition) is 4. The van der Waals surface area contributed by atoms with E-state index >= 15 is 0 Å². The van der Waals surface area contributed by atoms with Gasteiger partial charge in [-0.1, -0.05) is 30.9 Å². The van der Waals surface area contributed by atoms with Gasteiger partial charge in [0, 0.05) is 24.8 Å². The number of anilines is 1. The summed E-state index contributed by atoms with van der Waals surface area (Å²) < 4.78 is 32.4. The van der Waals surface area contributed by atoms with E-state index in [0.29, 0.717) is 43.1 Å². The quantitative estimate of drug-likeness (QED) is 0.734.